The van der Waals surface area contributed by atoms with Gasteiger partial charge in [-0.05, 0) is 59.0 Å². The summed E-state index contributed by atoms with van der Waals surface area (Å²) in [6, 6.07) is 12.5. The van der Waals surface area contributed by atoms with E-state index in [0.29, 0.717) is 11.0 Å². The van der Waals surface area contributed by atoms with Crippen molar-refractivity contribution in [3.63, 3.8) is 0 Å². The van der Waals surface area contributed by atoms with E-state index in [1.54, 1.807) is 17.0 Å². The maximum atomic E-state index is 14.1. The lowest BCUT2D eigenvalue weighted by molar-refractivity contribution is 0.0982. The summed E-state index contributed by atoms with van der Waals surface area (Å²) in [5.41, 5.74) is 2.15. The second-order valence-electron chi connectivity index (χ2n) is 5.14. The van der Waals surface area contributed by atoms with Crippen LogP contribution in [-0.2, 0) is 6.42 Å². The van der Waals surface area contributed by atoms with Gasteiger partial charge >= 0.3 is 0 Å². The average Bonchev–Trinajstić information content (AvgIpc) is 2.69. The van der Waals surface area contributed by atoms with Crippen molar-refractivity contribution < 1.29 is 9.18 Å². The van der Waals surface area contributed by atoms with Gasteiger partial charge in [0.05, 0.1) is 5.56 Å². The van der Waals surface area contributed by atoms with E-state index in [4.69, 9.17) is 0 Å². The summed E-state index contributed by atoms with van der Waals surface area (Å²) in [7, 11) is 0. The van der Waals surface area contributed by atoms with Crippen molar-refractivity contribution in [3.05, 3.63) is 63.9 Å². The first kappa shape index (κ1) is 14.3. The summed E-state index contributed by atoms with van der Waals surface area (Å²) in [6.07, 6.45) is 2.92. The molecule has 0 saturated heterocycles. The Balaban J connectivity index is 2.06. The van der Waals surface area contributed by atoms with Crippen molar-refractivity contribution in [1.82, 2.24) is 0 Å². The standard InChI is InChI=1S/C17H15BrFNO/c18-13-8-5-9-14(19)16(13)17(21)20-11-4-3-7-12-6-1-2-10-15(12)20/h1-2,5-6,8-10H,3-4,7,11H2. The molecule has 0 aliphatic carbocycles. The molecule has 0 aromatic heterocycles. The predicted octanol–water partition coefficient (Wildman–Crippen LogP) is 4.57. The number of benzene rings is 2. The van der Waals surface area contributed by atoms with E-state index >= 15 is 0 Å². The van der Waals surface area contributed by atoms with Crippen molar-refractivity contribution >= 4 is 27.5 Å². The van der Waals surface area contributed by atoms with E-state index < -0.39 is 5.82 Å². The summed E-state index contributed by atoms with van der Waals surface area (Å²) >= 11 is 3.29. The Morgan fingerprint density at radius 1 is 1.10 bits per heavy atom. The molecule has 21 heavy (non-hydrogen) atoms. The second-order valence-corrected chi connectivity index (χ2v) is 5.99. The molecule has 2 aromatic carbocycles. The summed E-state index contributed by atoms with van der Waals surface area (Å²) in [5.74, 6) is -0.773. The third-order valence-electron chi connectivity index (χ3n) is 3.78. The Kier molecular flexibility index (Phi) is 4.06. The molecule has 1 amide bonds. The molecule has 108 valence electrons. The van der Waals surface area contributed by atoms with Crippen LogP contribution in [0, 0.1) is 5.82 Å². The number of rotatable bonds is 1. The summed E-state index contributed by atoms with van der Waals surface area (Å²) in [6.45, 7) is 0.622. The van der Waals surface area contributed by atoms with Crippen LogP contribution in [0.25, 0.3) is 0 Å². The number of carbonyl (C=O) groups is 1. The lowest BCUT2D eigenvalue weighted by Crippen LogP contribution is -2.32. The van der Waals surface area contributed by atoms with Crippen LogP contribution >= 0.6 is 15.9 Å². The first-order valence-electron chi connectivity index (χ1n) is 7.02. The zero-order chi connectivity index (χ0) is 14.8. The number of hydrogen-bond donors (Lipinski definition) is 0. The smallest absolute Gasteiger partial charge is 0.262 e. The molecule has 0 saturated carbocycles. The quantitative estimate of drug-likeness (QED) is 0.739. The fraction of sp³-hybridized carbons (Fsp3) is 0.235. The molecule has 0 radical (unpaired) electrons. The van der Waals surface area contributed by atoms with Crippen molar-refractivity contribution in [2.24, 2.45) is 0 Å². The van der Waals surface area contributed by atoms with Gasteiger partial charge in [-0.25, -0.2) is 4.39 Å². The van der Waals surface area contributed by atoms with E-state index in [9.17, 15) is 9.18 Å². The molecule has 1 heterocycles. The largest absolute Gasteiger partial charge is 0.308 e. The third kappa shape index (κ3) is 2.72. The molecule has 4 heteroatoms. The van der Waals surface area contributed by atoms with Gasteiger partial charge in [-0.2, -0.15) is 0 Å². The maximum absolute atomic E-state index is 14.1. The number of carbonyl (C=O) groups excluding carboxylic acids is 1. The third-order valence-corrected chi connectivity index (χ3v) is 4.44. The van der Waals surface area contributed by atoms with Crippen LogP contribution in [0.5, 0.6) is 0 Å². The zero-order valence-electron chi connectivity index (χ0n) is 11.5. The molecule has 1 aliphatic rings. The van der Waals surface area contributed by atoms with Crippen LogP contribution in [0.1, 0.15) is 28.8 Å². The predicted molar refractivity (Wildman–Crippen MR) is 85.2 cm³/mol. The molecule has 0 spiro atoms. The number of anilines is 1. The molecule has 0 atom stereocenters. The van der Waals surface area contributed by atoms with Crippen LogP contribution in [0.2, 0.25) is 0 Å². The van der Waals surface area contributed by atoms with Crippen molar-refractivity contribution in [1.29, 1.82) is 0 Å². The van der Waals surface area contributed by atoms with E-state index in [1.165, 1.54) is 6.07 Å². The first-order chi connectivity index (χ1) is 10.2. The first-order valence-corrected chi connectivity index (χ1v) is 7.81. The highest BCUT2D eigenvalue weighted by Crippen LogP contribution is 2.30. The van der Waals surface area contributed by atoms with E-state index in [2.05, 4.69) is 15.9 Å². The molecular formula is C17H15BrFNO. The molecule has 2 aromatic rings. The number of hydrogen-bond acceptors (Lipinski definition) is 1. The van der Waals surface area contributed by atoms with Crippen molar-refractivity contribution in [2.75, 3.05) is 11.4 Å². The fourth-order valence-electron chi connectivity index (χ4n) is 2.74. The highest BCUT2D eigenvalue weighted by molar-refractivity contribution is 9.10. The SMILES string of the molecule is O=C(c1c(F)cccc1Br)N1CCCCc2ccccc21. The zero-order valence-corrected chi connectivity index (χ0v) is 13.1. The Morgan fingerprint density at radius 2 is 1.90 bits per heavy atom. The van der Waals surface area contributed by atoms with E-state index in [0.717, 1.165) is 30.5 Å². The molecule has 0 N–H and O–H groups in total. The molecule has 0 unspecified atom stereocenters. The summed E-state index contributed by atoms with van der Waals surface area (Å²) in [5, 5.41) is 0. The minimum atomic E-state index is -0.490. The molecule has 3 rings (SSSR count). The molecule has 2 nitrogen and oxygen atoms in total. The van der Waals surface area contributed by atoms with Crippen LogP contribution in [-0.4, -0.2) is 12.5 Å². The number of halogens is 2. The Bertz CT molecular complexity index is 666. The average molecular weight is 348 g/mol. The highest BCUT2D eigenvalue weighted by atomic mass is 79.9. The fourth-order valence-corrected chi connectivity index (χ4v) is 3.25. The van der Waals surface area contributed by atoms with Gasteiger partial charge in [0.1, 0.15) is 5.82 Å². The van der Waals surface area contributed by atoms with Crippen LogP contribution in [0.3, 0.4) is 0 Å². The van der Waals surface area contributed by atoms with Gasteiger partial charge < -0.3 is 4.90 Å². The minimum Gasteiger partial charge on any atom is -0.308 e. The van der Waals surface area contributed by atoms with Gasteiger partial charge in [-0.3, -0.25) is 4.79 Å². The lowest BCUT2D eigenvalue weighted by atomic mass is 10.1. The van der Waals surface area contributed by atoms with E-state index in [1.807, 2.05) is 24.3 Å². The molecule has 0 fully saturated rings. The number of fused-ring (bicyclic) bond motifs is 1. The van der Waals surface area contributed by atoms with Gasteiger partial charge in [0.15, 0.2) is 0 Å². The Labute approximate surface area is 131 Å². The number of amides is 1. The van der Waals surface area contributed by atoms with Crippen LogP contribution in [0.15, 0.2) is 46.9 Å². The Morgan fingerprint density at radius 3 is 2.71 bits per heavy atom. The van der Waals surface area contributed by atoms with Gasteiger partial charge in [-0.1, -0.05) is 24.3 Å². The van der Waals surface area contributed by atoms with Crippen LogP contribution < -0.4 is 4.90 Å². The van der Waals surface area contributed by atoms with Gasteiger partial charge in [-0.15, -0.1) is 0 Å². The Hall–Kier alpha value is -1.68. The summed E-state index contributed by atoms with van der Waals surface area (Å²) < 4.78 is 14.6. The summed E-state index contributed by atoms with van der Waals surface area (Å²) in [4.78, 5) is 14.5. The highest BCUT2D eigenvalue weighted by Gasteiger charge is 2.25. The van der Waals surface area contributed by atoms with Crippen molar-refractivity contribution in [2.45, 2.75) is 19.3 Å². The van der Waals surface area contributed by atoms with Gasteiger partial charge in [0.2, 0.25) is 0 Å². The number of para-hydroxylation sites is 1. The molecule has 1 aliphatic heterocycles. The van der Waals surface area contributed by atoms with Crippen LogP contribution in [0.4, 0.5) is 10.1 Å². The van der Waals surface area contributed by atoms with Gasteiger partial charge in [0.25, 0.3) is 5.91 Å². The lowest BCUT2D eigenvalue weighted by Gasteiger charge is -2.23. The molecule has 0 bridgehead atoms. The topological polar surface area (TPSA) is 20.3 Å². The minimum absolute atomic E-state index is 0.106. The van der Waals surface area contributed by atoms with Crippen molar-refractivity contribution in [3.8, 4) is 0 Å². The monoisotopic (exact) mass is 347 g/mol. The number of nitrogens with zero attached hydrogens (tertiary/aromatic N) is 1. The molecular weight excluding hydrogens is 333 g/mol. The van der Waals surface area contributed by atoms with Gasteiger partial charge in [0, 0.05) is 16.7 Å². The van der Waals surface area contributed by atoms with E-state index in [-0.39, 0.29) is 11.5 Å². The maximum Gasteiger partial charge on any atom is 0.262 e. The normalized spacial score (nSPS) is 14.5. The second kappa shape index (κ2) is 5.98. The number of aryl methyl sites for hydroxylation is 1.